The summed E-state index contributed by atoms with van der Waals surface area (Å²) in [5.74, 6) is 0. The fourth-order valence-electron chi connectivity index (χ4n) is 0. The minimum absolute atomic E-state index is 0. The average Bonchev–Trinajstić information content (AvgIpc) is 1.35. The van der Waals surface area contributed by atoms with Gasteiger partial charge in [-0.25, -0.2) is 0 Å². The molecular weight excluding hydrogens is 125 g/mol. The van der Waals surface area contributed by atoms with Crippen molar-refractivity contribution in [1.29, 1.82) is 0 Å². The third-order valence-electron chi connectivity index (χ3n) is 0.258. The van der Waals surface area contributed by atoms with Crippen molar-refractivity contribution < 1.29 is 17.7 Å². The first-order valence-corrected chi connectivity index (χ1v) is 2.66. The van der Waals surface area contributed by atoms with Crippen LogP contribution in [0, 0.1) is 0 Å². The highest BCUT2D eigenvalue weighted by Gasteiger charge is 1.91. The third-order valence-corrected chi connectivity index (χ3v) is 0.774. The van der Waals surface area contributed by atoms with E-state index in [1.807, 2.05) is 0 Å². The van der Waals surface area contributed by atoms with E-state index < -0.39 is 10.3 Å². The normalized spacial score (nSPS) is 10.0. The van der Waals surface area contributed by atoms with Crippen LogP contribution in [0.1, 0.15) is 0 Å². The molecular formula is CH6FNO3S. The van der Waals surface area contributed by atoms with Crippen LogP contribution in [0.5, 0.6) is 0 Å². The molecule has 0 unspecified atom stereocenters. The van der Waals surface area contributed by atoms with Gasteiger partial charge in [-0.05, 0) is 0 Å². The zero-order valence-electron chi connectivity index (χ0n) is 3.58. The molecule has 6 heteroatoms. The van der Waals surface area contributed by atoms with E-state index >= 15 is 0 Å². The van der Waals surface area contributed by atoms with E-state index in [0.717, 1.165) is 7.05 Å². The highest BCUT2D eigenvalue weighted by Crippen LogP contribution is 1.61. The van der Waals surface area contributed by atoms with E-state index in [1.54, 1.807) is 4.72 Å². The Morgan fingerprint density at radius 3 is 1.71 bits per heavy atom. The lowest BCUT2D eigenvalue weighted by atomic mass is 11.6. The van der Waals surface area contributed by atoms with E-state index in [9.17, 15) is 8.42 Å². The third kappa shape index (κ3) is 10.7. The molecule has 0 spiro atoms. The molecule has 0 aliphatic rings. The van der Waals surface area contributed by atoms with Gasteiger partial charge in [0.05, 0.1) is 0 Å². The van der Waals surface area contributed by atoms with Crippen LogP contribution in [0.2, 0.25) is 0 Å². The Labute approximate surface area is 40.8 Å². The van der Waals surface area contributed by atoms with Crippen LogP contribution in [0.15, 0.2) is 0 Å². The van der Waals surface area contributed by atoms with E-state index in [1.165, 1.54) is 0 Å². The quantitative estimate of drug-likeness (QED) is 0.456. The van der Waals surface area contributed by atoms with Gasteiger partial charge in [0.1, 0.15) is 0 Å². The van der Waals surface area contributed by atoms with Crippen LogP contribution in [-0.2, 0) is 10.3 Å². The summed E-state index contributed by atoms with van der Waals surface area (Å²) in [5.41, 5.74) is 0. The maximum atomic E-state index is 9.44. The monoisotopic (exact) mass is 131 g/mol. The lowest BCUT2D eigenvalue weighted by Gasteiger charge is -1.83. The van der Waals surface area contributed by atoms with Gasteiger partial charge >= 0.3 is 10.3 Å². The van der Waals surface area contributed by atoms with Crippen molar-refractivity contribution in [3.05, 3.63) is 0 Å². The Morgan fingerprint density at radius 2 is 1.71 bits per heavy atom. The topological polar surface area (TPSA) is 66.4 Å². The lowest BCUT2D eigenvalue weighted by Crippen LogP contribution is -2.16. The first kappa shape index (κ1) is 9.93. The van der Waals surface area contributed by atoms with E-state index in [2.05, 4.69) is 0 Å². The molecule has 0 amide bonds. The van der Waals surface area contributed by atoms with Gasteiger partial charge < -0.3 is 0 Å². The Bertz CT molecular complexity index is 117. The van der Waals surface area contributed by atoms with Crippen molar-refractivity contribution in [1.82, 2.24) is 4.72 Å². The largest absolute Gasteiger partial charge is 0.333 e. The minimum Gasteiger partial charge on any atom is -0.273 e. The molecule has 0 aliphatic heterocycles. The molecule has 2 N–H and O–H groups in total. The molecule has 0 atom stereocenters. The molecule has 0 aromatic carbocycles. The molecule has 0 aromatic rings. The Hall–Kier alpha value is -0.200. The first-order valence-electron chi connectivity index (χ1n) is 1.22. The highest BCUT2D eigenvalue weighted by molar-refractivity contribution is 7.83. The van der Waals surface area contributed by atoms with E-state index in [-0.39, 0.29) is 4.70 Å². The molecule has 7 heavy (non-hydrogen) atoms. The Kier molecular flexibility index (Phi) is 4.10. The molecule has 0 aliphatic carbocycles. The second-order valence-electron chi connectivity index (χ2n) is 0.679. The van der Waals surface area contributed by atoms with Gasteiger partial charge in [-0.15, -0.1) is 0 Å². The van der Waals surface area contributed by atoms with Crippen molar-refractivity contribution in [2.75, 3.05) is 7.05 Å². The second kappa shape index (κ2) is 2.89. The van der Waals surface area contributed by atoms with Crippen LogP contribution in [0.4, 0.5) is 4.70 Å². The summed E-state index contributed by atoms with van der Waals surface area (Å²) in [4.78, 5) is 0. The summed E-state index contributed by atoms with van der Waals surface area (Å²) in [7, 11) is -2.79. The van der Waals surface area contributed by atoms with E-state index in [0.29, 0.717) is 0 Å². The summed E-state index contributed by atoms with van der Waals surface area (Å²) < 4.78 is 28.2. The summed E-state index contributed by atoms with van der Waals surface area (Å²) in [6, 6.07) is 0. The van der Waals surface area contributed by atoms with Gasteiger partial charge in [-0.1, -0.05) is 0 Å². The molecule has 0 saturated heterocycles. The van der Waals surface area contributed by atoms with Gasteiger partial charge in [-0.2, -0.15) is 13.1 Å². The fraction of sp³-hybridized carbons (Fsp3) is 1.00. The van der Waals surface area contributed by atoms with Gasteiger partial charge in [0.2, 0.25) is 0 Å². The standard InChI is InChI=1S/CH5NO3S.FH/c1-2-6(3,4)5;/h2H,1H3,(H,3,4,5);1H. The number of halogens is 1. The molecule has 0 aromatic heterocycles. The van der Waals surface area contributed by atoms with Crippen LogP contribution >= 0.6 is 0 Å². The van der Waals surface area contributed by atoms with Crippen molar-refractivity contribution in [3.63, 3.8) is 0 Å². The summed E-state index contributed by atoms with van der Waals surface area (Å²) in [5, 5.41) is 0. The zero-order valence-corrected chi connectivity index (χ0v) is 4.40. The highest BCUT2D eigenvalue weighted by atomic mass is 32.2. The smallest absolute Gasteiger partial charge is 0.273 e. The van der Waals surface area contributed by atoms with Gasteiger partial charge in [0.25, 0.3) is 0 Å². The number of rotatable bonds is 1. The average molecular weight is 131 g/mol. The molecule has 4 nitrogen and oxygen atoms in total. The zero-order chi connectivity index (χ0) is 5.21. The molecule has 0 fully saturated rings. The minimum atomic E-state index is -3.91. The van der Waals surface area contributed by atoms with Crippen molar-refractivity contribution in [3.8, 4) is 0 Å². The summed E-state index contributed by atoms with van der Waals surface area (Å²) in [6.45, 7) is 0. The van der Waals surface area contributed by atoms with Gasteiger partial charge in [0.15, 0.2) is 0 Å². The first-order chi connectivity index (χ1) is 2.56. The van der Waals surface area contributed by atoms with Gasteiger partial charge in [0, 0.05) is 7.05 Å². The number of hydrogen-bond acceptors (Lipinski definition) is 2. The van der Waals surface area contributed by atoms with Crippen LogP contribution < -0.4 is 4.72 Å². The second-order valence-corrected chi connectivity index (χ2v) is 2.04. The molecule has 46 valence electrons. The van der Waals surface area contributed by atoms with E-state index in [4.69, 9.17) is 4.55 Å². The number of nitrogens with one attached hydrogen (secondary N) is 1. The Morgan fingerprint density at radius 1 is 1.57 bits per heavy atom. The molecule has 0 saturated carbocycles. The van der Waals surface area contributed by atoms with Crippen LogP contribution in [0.3, 0.4) is 0 Å². The van der Waals surface area contributed by atoms with Crippen molar-refractivity contribution in [2.45, 2.75) is 0 Å². The van der Waals surface area contributed by atoms with Crippen molar-refractivity contribution in [2.24, 2.45) is 0 Å². The maximum absolute atomic E-state index is 9.44. The summed E-state index contributed by atoms with van der Waals surface area (Å²) >= 11 is 0. The van der Waals surface area contributed by atoms with Gasteiger partial charge in [-0.3, -0.25) is 9.26 Å². The molecule has 0 heterocycles. The SMILES string of the molecule is CNS(=O)(=O)O.F. The predicted molar refractivity (Wildman–Crippen MR) is 23.1 cm³/mol. The lowest BCUT2D eigenvalue weighted by molar-refractivity contribution is 0.473. The van der Waals surface area contributed by atoms with Crippen LogP contribution in [-0.4, -0.2) is 20.0 Å². The predicted octanol–water partition coefficient (Wildman–Crippen LogP) is -0.839. The molecule has 0 rings (SSSR count). The van der Waals surface area contributed by atoms with Crippen molar-refractivity contribution >= 4 is 10.3 Å². The van der Waals surface area contributed by atoms with Crippen LogP contribution in [0.25, 0.3) is 0 Å². The fourth-order valence-corrected chi connectivity index (χ4v) is 0. The summed E-state index contributed by atoms with van der Waals surface area (Å²) in [6.07, 6.45) is 0. The molecule has 0 radical (unpaired) electrons. The Balaban J connectivity index is 0. The molecule has 0 bridgehead atoms. The maximum Gasteiger partial charge on any atom is 0.333 e. The number of hydrogen-bond donors (Lipinski definition) is 2.